The lowest BCUT2D eigenvalue weighted by molar-refractivity contribution is 0.271. The van der Waals surface area contributed by atoms with Crippen LogP contribution < -0.4 is 0 Å². The predicted molar refractivity (Wildman–Crippen MR) is 61.0 cm³/mol. The molecule has 5 heteroatoms. The standard InChI is InChI=1S/C10H9ClN2OS/c1-6-4-7(13-10(5-14)12-6)8-2-3-9(11)15-8/h2-4,14H,5H2,1H3. The van der Waals surface area contributed by atoms with E-state index in [9.17, 15) is 0 Å². The molecule has 0 bridgehead atoms. The lowest BCUT2D eigenvalue weighted by atomic mass is 10.3. The topological polar surface area (TPSA) is 46.0 Å². The number of halogens is 1. The zero-order chi connectivity index (χ0) is 10.8. The van der Waals surface area contributed by atoms with Crippen LogP contribution >= 0.6 is 22.9 Å². The van der Waals surface area contributed by atoms with Crippen LogP contribution in [0.4, 0.5) is 0 Å². The fourth-order valence-corrected chi connectivity index (χ4v) is 2.28. The highest BCUT2D eigenvalue weighted by atomic mass is 35.5. The van der Waals surface area contributed by atoms with Crippen molar-refractivity contribution in [3.05, 3.63) is 34.1 Å². The van der Waals surface area contributed by atoms with E-state index in [0.29, 0.717) is 5.82 Å². The molecule has 0 saturated heterocycles. The fraction of sp³-hybridized carbons (Fsp3) is 0.200. The van der Waals surface area contributed by atoms with E-state index in [1.807, 2.05) is 25.1 Å². The lowest BCUT2D eigenvalue weighted by Crippen LogP contribution is -1.97. The summed E-state index contributed by atoms with van der Waals surface area (Å²) in [6, 6.07) is 5.62. The van der Waals surface area contributed by atoms with Gasteiger partial charge in [-0.15, -0.1) is 11.3 Å². The van der Waals surface area contributed by atoms with E-state index >= 15 is 0 Å². The largest absolute Gasteiger partial charge is 0.388 e. The second kappa shape index (κ2) is 4.26. The van der Waals surface area contributed by atoms with Crippen molar-refractivity contribution in [2.75, 3.05) is 0 Å². The molecule has 2 heterocycles. The third-order valence-corrected chi connectivity index (χ3v) is 3.12. The van der Waals surface area contributed by atoms with E-state index in [0.717, 1.165) is 20.6 Å². The highest BCUT2D eigenvalue weighted by Gasteiger charge is 2.06. The van der Waals surface area contributed by atoms with Crippen LogP contribution in [0.25, 0.3) is 10.6 Å². The fourth-order valence-electron chi connectivity index (χ4n) is 1.28. The summed E-state index contributed by atoms with van der Waals surface area (Å²) in [6.45, 7) is 1.73. The van der Waals surface area contributed by atoms with Crippen LogP contribution in [0.5, 0.6) is 0 Å². The first-order valence-corrected chi connectivity index (χ1v) is 5.59. The Bertz CT molecular complexity index is 484. The van der Waals surface area contributed by atoms with Gasteiger partial charge in [0.05, 0.1) is 14.9 Å². The van der Waals surface area contributed by atoms with Crippen molar-refractivity contribution in [3.8, 4) is 10.6 Å². The SMILES string of the molecule is Cc1cc(-c2ccc(Cl)s2)nc(CO)n1. The number of aryl methyl sites for hydroxylation is 1. The summed E-state index contributed by atoms with van der Waals surface area (Å²) < 4.78 is 0.729. The molecule has 0 aromatic carbocycles. The maximum Gasteiger partial charge on any atom is 0.154 e. The van der Waals surface area contributed by atoms with Gasteiger partial charge in [-0.05, 0) is 25.1 Å². The molecule has 2 aromatic rings. The van der Waals surface area contributed by atoms with Crippen molar-refractivity contribution in [3.63, 3.8) is 0 Å². The van der Waals surface area contributed by atoms with Crippen LogP contribution in [0, 0.1) is 6.92 Å². The van der Waals surface area contributed by atoms with Crippen LogP contribution in [0.3, 0.4) is 0 Å². The molecule has 1 N–H and O–H groups in total. The smallest absolute Gasteiger partial charge is 0.154 e. The average Bonchev–Trinajstić information content (AvgIpc) is 2.64. The van der Waals surface area contributed by atoms with Gasteiger partial charge in [-0.1, -0.05) is 11.6 Å². The summed E-state index contributed by atoms with van der Waals surface area (Å²) in [5.41, 5.74) is 1.65. The van der Waals surface area contributed by atoms with Gasteiger partial charge >= 0.3 is 0 Å². The van der Waals surface area contributed by atoms with Crippen LogP contribution in [0.1, 0.15) is 11.5 Å². The number of aromatic nitrogens is 2. The first kappa shape index (κ1) is 10.5. The Morgan fingerprint density at radius 3 is 2.80 bits per heavy atom. The summed E-state index contributed by atoms with van der Waals surface area (Å²) >= 11 is 7.31. The molecule has 78 valence electrons. The molecule has 15 heavy (non-hydrogen) atoms. The third kappa shape index (κ3) is 2.34. The van der Waals surface area contributed by atoms with E-state index in [1.54, 1.807) is 0 Å². The number of aliphatic hydroxyl groups is 1. The van der Waals surface area contributed by atoms with E-state index in [2.05, 4.69) is 9.97 Å². The zero-order valence-corrected chi connectivity index (χ0v) is 9.64. The molecule has 0 amide bonds. The molecule has 0 spiro atoms. The second-order valence-electron chi connectivity index (χ2n) is 3.07. The first-order valence-electron chi connectivity index (χ1n) is 4.40. The molecule has 0 radical (unpaired) electrons. The van der Waals surface area contributed by atoms with Gasteiger partial charge in [0.25, 0.3) is 0 Å². The summed E-state index contributed by atoms with van der Waals surface area (Å²) in [6.07, 6.45) is 0. The molecule has 3 nitrogen and oxygen atoms in total. The molecule has 0 aliphatic carbocycles. The van der Waals surface area contributed by atoms with Crippen molar-refractivity contribution in [2.45, 2.75) is 13.5 Å². The summed E-state index contributed by atoms with van der Waals surface area (Å²) in [4.78, 5) is 9.31. The van der Waals surface area contributed by atoms with Gasteiger partial charge in [0.15, 0.2) is 5.82 Å². The number of nitrogens with zero attached hydrogens (tertiary/aromatic N) is 2. The van der Waals surface area contributed by atoms with Gasteiger partial charge in [0.1, 0.15) is 6.61 Å². The van der Waals surface area contributed by atoms with E-state index < -0.39 is 0 Å². The van der Waals surface area contributed by atoms with Crippen molar-refractivity contribution < 1.29 is 5.11 Å². The monoisotopic (exact) mass is 240 g/mol. The summed E-state index contributed by atoms with van der Waals surface area (Å²) in [7, 11) is 0. The Morgan fingerprint density at radius 2 is 2.20 bits per heavy atom. The number of hydrogen-bond acceptors (Lipinski definition) is 4. The van der Waals surface area contributed by atoms with Crippen LogP contribution in [-0.2, 0) is 6.61 Å². The average molecular weight is 241 g/mol. The zero-order valence-electron chi connectivity index (χ0n) is 8.07. The van der Waals surface area contributed by atoms with E-state index in [1.165, 1.54) is 11.3 Å². The Labute approximate surface area is 96.4 Å². The van der Waals surface area contributed by atoms with Crippen molar-refractivity contribution in [1.29, 1.82) is 0 Å². The van der Waals surface area contributed by atoms with Gasteiger partial charge in [-0.25, -0.2) is 9.97 Å². The van der Waals surface area contributed by atoms with E-state index in [-0.39, 0.29) is 6.61 Å². The molecular formula is C10H9ClN2OS. The highest BCUT2D eigenvalue weighted by Crippen LogP contribution is 2.29. The summed E-state index contributed by atoms with van der Waals surface area (Å²) in [5, 5.41) is 8.99. The molecule has 0 aliphatic rings. The molecule has 0 atom stereocenters. The molecule has 2 rings (SSSR count). The molecule has 2 aromatic heterocycles. The molecule has 0 saturated carbocycles. The number of thiophene rings is 1. The quantitative estimate of drug-likeness (QED) is 0.878. The highest BCUT2D eigenvalue weighted by molar-refractivity contribution is 7.19. The van der Waals surface area contributed by atoms with Gasteiger partial charge in [-0.2, -0.15) is 0 Å². The Kier molecular flexibility index (Phi) is 3.00. The number of aliphatic hydroxyl groups excluding tert-OH is 1. The third-order valence-electron chi connectivity index (χ3n) is 1.87. The maximum atomic E-state index is 8.99. The minimum atomic E-state index is -0.145. The van der Waals surface area contributed by atoms with E-state index in [4.69, 9.17) is 16.7 Å². The Balaban J connectivity index is 2.48. The van der Waals surface area contributed by atoms with Crippen LogP contribution in [0.15, 0.2) is 18.2 Å². The minimum absolute atomic E-state index is 0.145. The molecule has 0 unspecified atom stereocenters. The lowest BCUT2D eigenvalue weighted by Gasteiger charge is -2.01. The van der Waals surface area contributed by atoms with Gasteiger partial charge in [0, 0.05) is 5.69 Å². The predicted octanol–water partition coefficient (Wildman–Crippen LogP) is 2.66. The number of hydrogen-bond donors (Lipinski definition) is 1. The Morgan fingerprint density at radius 1 is 1.40 bits per heavy atom. The van der Waals surface area contributed by atoms with Crippen LogP contribution in [0.2, 0.25) is 4.34 Å². The minimum Gasteiger partial charge on any atom is -0.388 e. The number of rotatable bonds is 2. The van der Waals surface area contributed by atoms with Gasteiger partial charge < -0.3 is 5.11 Å². The van der Waals surface area contributed by atoms with Gasteiger partial charge in [-0.3, -0.25) is 0 Å². The normalized spacial score (nSPS) is 10.6. The van der Waals surface area contributed by atoms with Crippen molar-refractivity contribution >= 4 is 22.9 Å². The van der Waals surface area contributed by atoms with Crippen molar-refractivity contribution in [1.82, 2.24) is 9.97 Å². The summed E-state index contributed by atoms with van der Waals surface area (Å²) in [5.74, 6) is 0.439. The van der Waals surface area contributed by atoms with Gasteiger partial charge in [0.2, 0.25) is 0 Å². The molecule has 0 fully saturated rings. The Hall–Kier alpha value is -0.970. The first-order chi connectivity index (χ1) is 7.19. The van der Waals surface area contributed by atoms with Crippen LogP contribution in [-0.4, -0.2) is 15.1 Å². The molecule has 0 aliphatic heterocycles. The van der Waals surface area contributed by atoms with Crippen molar-refractivity contribution in [2.24, 2.45) is 0 Å². The molecular weight excluding hydrogens is 232 g/mol. The second-order valence-corrected chi connectivity index (χ2v) is 4.79. The maximum absolute atomic E-state index is 8.99.